The summed E-state index contributed by atoms with van der Waals surface area (Å²) in [6.45, 7) is 3.30. The average Bonchev–Trinajstić information content (AvgIpc) is 3.08. The molecule has 6 nitrogen and oxygen atoms in total. The van der Waals surface area contributed by atoms with E-state index >= 15 is 0 Å². The summed E-state index contributed by atoms with van der Waals surface area (Å²) < 4.78 is 13.3. The first-order chi connectivity index (χ1) is 9.35. The summed E-state index contributed by atoms with van der Waals surface area (Å²) in [7, 11) is 0. The number of hydrogen-bond acceptors (Lipinski definition) is 5. The Morgan fingerprint density at radius 3 is 2.74 bits per heavy atom. The largest absolute Gasteiger partial charge is 0.369 e. The molecule has 0 saturated carbocycles. The monoisotopic (exact) mass is 260 g/mol. The fraction of sp³-hybridized carbons (Fsp3) is 0.538. The van der Waals surface area contributed by atoms with E-state index in [2.05, 4.69) is 15.0 Å². The van der Waals surface area contributed by atoms with Crippen LogP contribution in [0.4, 0.5) is 5.69 Å². The lowest BCUT2D eigenvalue weighted by Gasteiger charge is -2.38. The van der Waals surface area contributed by atoms with Crippen LogP contribution in [0.15, 0.2) is 24.7 Å². The first kappa shape index (κ1) is 11.2. The molecule has 0 radical (unpaired) electrons. The zero-order valence-corrected chi connectivity index (χ0v) is 10.7. The summed E-state index contributed by atoms with van der Waals surface area (Å²) in [5, 5.41) is 4.22. The van der Waals surface area contributed by atoms with Gasteiger partial charge in [0.15, 0.2) is 11.4 Å². The Morgan fingerprint density at radius 1 is 1.16 bits per heavy atom. The van der Waals surface area contributed by atoms with Crippen molar-refractivity contribution in [3.05, 3.63) is 24.7 Å². The summed E-state index contributed by atoms with van der Waals surface area (Å²) >= 11 is 0. The van der Waals surface area contributed by atoms with Crippen molar-refractivity contribution in [2.24, 2.45) is 0 Å². The molecule has 2 aromatic heterocycles. The lowest BCUT2D eigenvalue weighted by molar-refractivity contribution is -0.169. The van der Waals surface area contributed by atoms with Crippen LogP contribution >= 0.6 is 0 Å². The van der Waals surface area contributed by atoms with Gasteiger partial charge < -0.3 is 14.4 Å². The predicted molar refractivity (Wildman–Crippen MR) is 69.1 cm³/mol. The van der Waals surface area contributed by atoms with Crippen LogP contribution in [0.1, 0.15) is 12.8 Å². The van der Waals surface area contributed by atoms with E-state index in [0.717, 1.165) is 50.5 Å². The number of fused-ring (bicyclic) bond motifs is 1. The number of piperidine rings is 1. The van der Waals surface area contributed by atoms with E-state index in [0.29, 0.717) is 0 Å². The van der Waals surface area contributed by atoms with Crippen molar-refractivity contribution in [3.8, 4) is 0 Å². The van der Waals surface area contributed by atoms with Gasteiger partial charge in [0.1, 0.15) is 0 Å². The van der Waals surface area contributed by atoms with Gasteiger partial charge in [-0.3, -0.25) is 0 Å². The van der Waals surface area contributed by atoms with Gasteiger partial charge in [-0.25, -0.2) is 9.50 Å². The van der Waals surface area contributed by atoms with E-state index < -0.39 is 0 Å². The maximum atomic E-state index is 5.74. The molecule has 4 heterocycles. The molecule has 0 amide bonds. The molecule has 6 heteroatoms. The summed E-state index contributed by atoms with van der Waals surface area (Å²) in [6, 6.07) is 1.90. The molecule has 4 rings (SSSR count). The van der Waals surface area contributed by atoms with Crippen LogP contribution in [0, 0.1) is 0 Å². The first-order valence-corrected chi connectivity index (χ1v) is 6.67. The zero-order valence-electron chi connectivity index (χ0n) is 10.7. The molecule has 0 atom stereocenters. The highest BCUT2D eigenvalue weighted by atomic mass is 16.7. The normalized spacial score (nSPS) is 22.4. The van der Waals surface area contributed by atoms with E-state index in [1.54, 1.807) is 6.20 Å². The maximum Gasteiger partial charge on any atom is 0.171 e. The summed E-state index contributed by atoms with van der Waals surface area (Å²) in [6.07, 6.45) is 7.51. The number of ether oxygens (including phenoxy) is 2. The van der Waals surface area contributed by atoms with Gasteiger partial charge in [-0.2, -0.15) is 5.10 Å². The van der Waals surface area contributed by atoms with E-state index in [9.17, 15) is 0 Å². The second kappa shape index (κ2) is 4.18. The molecule has 2 aromatic rings. The molecule has 2 aliphatic heterocycles. The smallest absolute Gasteiger partial charge is 0.171 e. The molecule has 2 saturated heterocycles. The molecule has 2 fully saturated rings. The van der Waals surface area contributed by atoms with E-state index in [1.807, 2.05) is 23.0 Å². The van der Waals surface area contributed by atoms with Crippen molar-refractivity contribution in [1.82, 2.24) is 14.6 Å². The van der Waals surface area contributed by atoms with E-state index in [4.69, 9.17) is 9.47 Å². The molecule has 0 aliphatic carbocycles. The quantitative estimate of drug-likeness (QED) is 0.767. The number of rotatable bonds is 1. The molecule has 0 unspecified atom stereocenters. The van der Waals surface area contributed by atoms with Crippen molar-refractivity contribution in [3.63, 3.8) is 0 Å². The summed E-state index contributed by atoms with van der Waals surface area (Å²) in [5.74, 6) is -0.320. The van der Waals surface area contributed by atoms with Gasteiger partial charge in [0.25, 0.3) is 0 Å². The maximum absolute atomic E-state index is 5.74. The highest BCUT2D eigenvalue weighted by molar-refractivity contribution is 5.48. The van der Waals surface area contributed by atoms with Gasteiger partial charge in [-0.05, 0) is 0 Å². The second-order valence-corrected chi connectivity index (χ2v) is 5.04. The van der Waals surface area contributed by atoms with Gasteiger partial charge >= 0.3 is 0 Å². The molecule has 1 spiro atoms. The van der Waals surface area contributed by atoms with Crippen molar-refractivity contribution in [2.75, 3.05) is 31.2 Å². The lowest BCUT2D eigenvalue weighted by Crippen LogP contribution is -2.45. The Kier molecular flexibility index (Phi) is 2.46. The Bertz CT molecular complexity index is 581. The molecule has 0 aromatic carbocycles. The molecule has 100 valence electrons. The number of nitrogens with zero attached hydrogens (tertiary/aromatic N) is 4. The Labute approximate surface area is 110 Å². The Balaban J connectivity index is 1.54. The van der Waals surface area contributed by atoms with Gasteiger partial charge in [0.2, 0.25) is 0 Å². The highest BCUT2D eigenvalue weighted by Gasteiger charge is 2.39. The third-order valence-corrected chi connectivity index (χ3v) is 3.94. The standard InChI is InChI=1S/C13H16N4O2/c1-4-15-17-10-11(9-14-12(1)17)16-5-2-13(3-6-16)18-7-8-19-13/h1,4,9-10H,2-3,5-8H2. The van der Waals surface area contributed by atoms with Crippen LogP contribution in [0.25, 0.3) is 5.65 Å². The third-order valence-electron chi connectivity index (χ3n) is 3.94. The highest BCUT2D eigenvalue weighted by Crippen LogP contribution is 2.32. The minimum Gasteiger partial charge on any atom is -0.369 e. The summed E-state index contributed by atoms with van der Waals surface area (Å²) in [4.78, 5) is 6.71. The topological polar surface area (TPSA) is 51.9 Å². The van der Waals surface area contributed by atoms with Crippen LogP contribution in [0.2, 0.25) is 0 Å². The SMILES string of the molecule is c1cc2ncc(N3CCC4(CC3)OCCO4)cn2n1. The van der Waals surface area contributed by atoms with Gasteiger partial charge in [0.05, 0.1) is 37.5 Å². The average molecular weight is 260 g/mol. The fourth-order valence-corrected chi connectivity index (χ4v) is 2.85. The van der Waals surface area contributed by atoms with Crippen LogP contribution < -0.4 is 4.90 Å². The van der Waals surface area contributed by atoms with Crippen LogP contribution in [0.3, 0.4) is 0 Å². The minimum absolute atomic E-state index is 0.320. The number of aromatic nitrogens is 3. The minimum atomic E-state index is -0.320. The van der Waals surface area contributed by atoms with Crippen LogP contribution in [-0.2, 0) is 9.47 Å². The number of anilines is 1. The van der Waals surface area contributed by atoms with Crippen LogP contribution in [0.5, 0.6) is 0 Å². The van der Waals surface area contributed by atoms with Gasteiger partial charge in [0, 0.05) is 32.0 Å². The van der Waals surface area contributed by atoms with Crippen molar-refractivity contribution in [1.29, 1.82) is 0 Å². The van der Waals surface area contributed by atoms with E-state index in [1.165, 1.54) is 0 Å². The molecular weight excluding hydrogens is 244 g/mol. The third kappa shape index (κ3) is 1.87. The van der Waals surface area contributed by atoms with Crippen LogP contribution in [-0.4, -0.2) is 46.7 Å². The Hall–Kier alpha value is -1.66. The van der Waals surface area contributed by atoms with E-state index in [-0.39, 0.29) is 5.79 Å². The number of hydrogen-bond donors (Lipinski definition) is 0. The Morgan fingerprint density at radius 2 is 1.95 bits per heavy atom. The summed E-state index contributed by atoms with van der Waals surface area (Å²) in [5.41, 5.74) is 1.98. The van der Waals surface area contributed by atoms with Crippen molar-refractivity contribution in [2.45, 2.75) is 18.6 Å². The van der Waals surface area contributed by atoms with Crippen molar-refractivity contribution < 1.29 is 9.47 Å². The predicted octanol–water partition coefficient (Wildman–Crippen LogP) is 1.07. The molecular formula is C13H16N4O2. The van der Waals surface area contributed by atoms with Gasteiger partial charge in [-0.15, -0.1) is 0 Å². The zero-order chi connectivity index (χ0) is 12.7. The first-order valence-electron chi connectivity index (χ1n) is 6.67. The molecule has 19 heavy (non-hydrogen) atoms. The molecule has 0 N–H and O–H groups in total. The fourth-order valence-electron chi connectivity index (χ4n) is 2.85. The lowest BCUT2D eigenvalue weighted by atomic mass is 10.0. The van der Waals surface area contributed by atoms with Gasteiger partial charge in [-0.1, -0.05) is 0 Å². The molecule has 2 aliphatic rings. The molecule has 0 bridgehead atoms. The second-order valence-electron chi connectivity index (χ2n) is 5.04. The van der Waals surface area contributed by atoms with Crippen molar-refractivity contribution >= 4 is 11.3 Å².